The molecule has 1 aromatic carbocycles. The summed E-state index contributed by atoms with van der Waals surface area (Å²) in [6, 6.07) is 0.676. The van der Waals surface area contributed by atoms with Gasteiger partial charge in [-0.25, -0.2) is 13.2 Å². The number of hydrogen-bond donors (Lipinski definition) is 1. The first kappa shape index (κ1) is 18.7. The first-order valence-corrected chi connectivity index (χ1v) is 8.29. The van der Waals surface area contributed by atoms with Crippen LogP contribution in [0.1, 0.15) is 25.3 Å². The third kappa shape index (κ3) is 4.95. The van der Waals surface area contributed by atoms with Gasteiger partial charge >= 0.3 is 0 Å². The minimum atomic E-state index is -1.23. The minimum Gasteiger partial charge on any atom is -0.341 e. The SMILES string of the molecule is CCN1CCCN(C(=O)C[C@H](N)Cc2cc(F)c(F)cc2F)CC1. The molecule has 2 N–H and O–H groups in total. The van der Waals surface area contributed by atoms with E-state index in [2.05, 4.69) is 11.8 Å². The molecule has 0 aliphatic carbocycles. The molecule has 134 valence electrons. The molecule has 1 aliphatic heterocycles. The summed E-state index contributed by atoms with van der Waals surface area (Å²) in [5.74, 6) is -3.27. The fourth-order valence-corrected chi connectivity index (χ4v) is 2.96. The highest BCUT2D eigenvalue weighted by Gasteiger charge is 2.21. The highest BCUT2D eigenvalue weighted by Crippen LogP contribution is 2.16. The maximum atomic E-state index is 13.7. The van der Waals surface area contributed by atoms with Gasteiger partial charge in [0, 0.05) is 38.2 Å². The Balaban J connectivity index is 1.91. The summed E-state index contributed by atoms with van der Waals surface area (Å²) in [6.07, 6.45) is 0.959. The van der Waals surface area contributed by atoms with Crippen molar-refractivity contribution in [3.05, 3.63) is 35.1 Å². The van der Waals surface area contributed by atoms with Crippen LogP contribution in [0.15, 0.2) is 12.1 Å². The second-order valence-electron chi connectivity index (χ2n) is 6.19. The Morgan fingerprint density at radius 2 is 1.83 bits per heavy atom. The van der Waals surface area contributed by atoms with Crippen LogP contribution in [-0.2, 0) is 11.2 Å². The van der Waals surface area contributed by atoms with Crippen molar-refractivity contribution in [2.45, 2.75) is 32.2 Å². The number of amides is 1. The smallest absolute Gasteiger partial charge is 0.224 e. The second-order valence-corrected chi connectivity index (χ2v) is 6.19. The molecular weight excluding hydrogens is 319 g/mol. The number of nitrogens with two attached hydrogens (primary N) is 1. The van der Waals surface area contributed by atoms with Crippen molar-refractivity contribution >= 4 is 5.91 Å². The molecule has 7 heteroatoms. The van der Waals surface area contributed by atoms with Crippen LogP contribution in [0.5, 0.6) is 0 Å². The molecule has 0 radical (unpaired) electrons. The van der Waals surface area contributed by atoms with E-state index in [4.69, 9.17) is 5.73 Å². The van der Waals surface area contributed by atoms with Crippen LogP contribution in [0.25, 0.3) is 0 Å². The summed E-state index contributed by atoms with van der Waals surface area (Å²) in [6.45, 7) is 6.17. The Kier molecular flexibility index (Phi) is 6.62. The third-order valence-corrected chi connectivity index (χ3v) is 4.40. The number of likely N-dealkylation sites (N-methyl/N-ethyl adjacent to an activating group) is 1. The monoisotopic (exact) mass is 343 g/mol. The fraction of sp³-hybridized carbons (Fsp3) is 0.588. The van der Waals surface area contributed by atoms with E-state index >= 15 is 0 Å². The second kappa shape index (κ2) is 8.48. The third-order valence-electron chi connectivity index (χ3n) is 4.40. The number of hydrogen-bond acceptors (Lipinski definition) is 3. The Labute approximate surface area is 140 Å². The molecule has 1 saturated heterocycles. The summed E-state index contributed by atoms with van der Waals surface area (Å²) in [7, 11) is 0. The zero-order valence-corrected chi connectivity index (χ0v) is 13.9. The van der Waals surface area contributed by atoms with Crippen LogP contribution < -0.4 is 5.73 Å². The molecule has 1 fully saturated rings. The van der Waals surface area contributed by atoms with E-state index in [1.807, 2.05) is 0 Å². The maximum absolute atomic E-state index is 13.7. The summed E-state index contributed by atoms with van der Waals surface area (Å²) in [5, 5.41) is 0. The maximum Gasteiger partial charge on any atom is 0.224 e. The fourth-order valence-electron chi connectivity index (χ4n) is 2.96. The van der Waals surface area contributed by atoms with Gasteiger partial charge in [0.15, 0.2) is 11.6 Å². The van der Waals surface area contributed by atoms with Crippen LogP contribution in [-0.4, -0.2) is 54.5 Å². The lowest BCUT2D eigenvalue weighted by molar-refractivity contribution is -0.131. The van der Waals surface area contributed by atoms with Gasteiger partial charge in [-0.15, -0.1) is 0 Å². The number of halogens is 3. The summed E-state index contributed by atoms with van der Waals surface area (Å²) >= 11 is 0. The van der Waals surface area contributed by atoms with Crippen molar-refractivity contribution in [3.63, 3.8) is 0 Å². The van der Waals surface area contributed by atoms with Gasteiger partial charge in [0.25, 0.3) is 0 Å². The zero-order valence-electron chi connectivity index (χ0n) is 13.9. The van der Waals surface area contributed by atoms with Crippen LogP contribution >= 0.6 is 0 Å². The molecule has 0 aromatic heterocycles. The highest BCUT2D eigenvalue weighted by molar-refractivity contribution is 5.76. The Morgan fingerprint density at radius 1 is 1.12 bits per heavy atom. The van der Waals surface area contributed by atoms with E-state index in [9.17, 15) is 18.0 Å². The van der Waals surface area contributed by atoms with Gasteiger partial charge < -0.3 is 15.5 Å². The van der Waals surface area contributed by atoms with E-state index in [0.29, 0.717) is 19.2 Å². The molecule has 0 bridgehead atoms. The van der Waals surface area contributed by atoms with Gasteiger partial charge in [-0.2, -0.15) is 0 Å². The summed E-state index contributed by atoms with van der Waals surface area (Å²) in [5.41, 5.74) is 5.91. The van der Waals surface area contributed by atoms with Gasteiger partial charge in [-0.3, -0.25) is 4.79 Å². The average molecular weight is 343 g/mol. The molecule has 1 heterocycles. The van der Waals surface area contributed by atoms with Crippen molar-refractivity contribution < 1.29 is 18.0 Å². The van der Waals surface area contributed by atoms with Gasteiger partial charge in [0.2, 0.25) is 5.91 Å². The quantitative estimate of drug-likeness (QED) is 0.831. The highest BCUT2D eigenvalue weighted by atomic mass is 19.2. The first-order chi connectivity index (χ1) is 11.4. The molecular formula is C17H24F3N3O. The number of carbonyl (C=O) groups is 1. The Bertz CT molecular complexity index is 582. The number of nitrogens with zero attached hydrogens (tertiary/aromatic N) is 2. The minimum absolute atomic E-state index is 0.0102. The average Bonchev–Trinajstić information content (AvgIpc) is 2.78. The lowest BCUT2D eigenvalue weighted by Crippen LogP contribution is -2.39. The Morgan fingerprint density at radius 3 is 2.54 bits per heavy atom. The van der Waals surface area contributed by atoms with Gasteiger partial charge in [-0.05, 0) is 37.6 Å². The van der Waals surface area contributed by atoms with Crippen LogP contribution in [0.3, 0.4) is 0 Å². The molecule has 24 heavy (non-hydrogen) atoms. The van der Waals surface area contributed by atoms with E-state index < -0.39 is 23.5 Å². The van der Waals surface area contributed by atoms with Crippen LogP contribution in [0.4, 0.5) is 13.2 Å². The van der Waals surface area contributed by atoms with Crippen molar-refractivity contribution in [3.8, 4) is 0 Å². The van der Waals surface area contributed by atoms with Crippen molar-refractivity contribution in [2.75, 3.05) is 32.7 Å². The molecule has 1 aromatic rings. The molecule has 2 rings (SSSR count). The molecule has 1 atom stereocenters. The molecule has 1 amide bonds. The van der Waals surface area contributed by atoms with Crippen molar-refractivity contribution in [1.82, 2.24) is 9.80 Å². The zero-order chi connectivity index (χ0) is 17.7. The molecule has 4 nitrogen and oxygen atoms in total. The van der Waals surface area contributed by atoms with Gasteiger partial charge in [0.1, 0.15) is 5.82 Å². The lowest BCUT2D eigenvalue weighted by Gasteiger charge is -2.23. The van der Waals surface area contributed by atoms with Crippen molar-refractivity contribution in [2.24, 2.45) is 5.73 Å². The molecule has 1 aliphatic rings. The lowest BCUT2D eigenvalue weighted by atomic mass is 10.0. The number of carbonyl (C=O) groups excluding carboxylic acids is 1. The predicted molar refractivity (Wildman–Crippen MR) is 85.9 cm³/mol. The van der Waals surface area contributed by atoms with Crippen LogP contribution in [0.2, 0.25) is 0 Å². The van der Waals surface area contributed by atoms with E-state index in [1.165, 1.54) is 0 Å². The predicted octanol–water partition coefficient (Wildman–Crippen LogP) is 1.92. The van der Waals surface area contributed by atoms with E-state index in [1.54, 1.807) is 4.90 Å². The first-order valence-electron chi connectivity index (χ1n) is 8.29. The number of rotatable bonds is 5. The van der Waals surface area contributed by atoms with Gasteiger partial charge in [0.05, 0.1) is 0 Å². The largest absolute Gasteiger partial charge is 0.341 e. The molecule has 0 unspecified atom stereocenters. The molecule has 0 saturated carbocycles. The normalized spacial score (nSPS) is 17.6. The Hall–Kier alpha value is -1.60. The van der Waals surface area contributed by atoms with E-state index in [-0.39, 0.29) is 24.3 Å². The van der Waals surface area contributed by atoms with Gasteiger partial charge in [-0.1, -0.05) is 6.92 Å². The standard InChI is InChI=1S/C17H24F3N3O/c1-2-22-4-3-5-23(7-6-22)17(24)10-13(21)8-12-9-15(19)16(20)11-14(12)18/h9,11,13H,2-8,10,21H2,1H3/t13-/m1/s1. The van der Waals surface area contributed by atoms with E-state index in [0.717, 1.165) is 32.1 Å². The molecule has 0 spiro atoms. The van der Waals surface area contributed by atoms with Crippen molar-refractivity contribution in [1.29, 1.82) is 0 Å². The summed E-state index contributed by atoms with van der Waals surface area (Å²) < 4.78 is 39.8. The summed E-state index contributed by atoms with van der Waals surface area (Å²) in [4.78, 5) is 16.4. The number of benzene rings is 1. The van der Waals surface area contributed by atoms with Crippen LogP contribution in [0, 0.1) is 17.5 Å². The topological polar surface area (TPSA) is 49.6 Å².